The van der Waals surface area contributed by atoms with Gasteiger partial charge in [-0.25, -0.2) is 14.1 Å². The third-order valence-corrected chi connectivity index (χ3v) is 5.86. The highest BCUT2D eigenvalue weighted by molar-refractivity contribution is 9.10. The highest BCUT2D eigenvalue weighted by Gasteiger charge is 2.57. The highest BCUT2D eigenvalue weighted by atomic mass is 79.9. The molecule has 7 heteroatoms. The van der Waals surface area contributed by atoms with Crippen LogP contribution in [0.15, 0.2) is 59.7 Å². The molecule has 1 aromatic carbocycles. The summed E-state index contributed by atoms with van der Waals surface area (Å²) < 4.78 is 16.0. The summed E-state index contributed by atoms with van der Waals surface area (Å²) in [5, 5.41) is 16.1. The molecule has 134 valence electrons. The molecule has 1 fully saturated rings. The Kier molecular flexibility index (Phi) is 4.36. The van der Waals surface area contributed by atoms with E-state index in [1.54, 1.807) is 29.3 Å². The van der Waals surface area contributed by atoms with Gasteiger partial charge in [-0.1, -0.05) is 18.6 Å². The van der Waals surface area contributed by atoms with Gasteiger partial charge in [0, 0.05) is 21.8 Å². The molecule has 0 amide bonds. The van der Waals surface area contributed by atoms with Gasteiger partial charge >= 0.3 is 0 Å². The van der Waals surface area contributed by atoms with Gasteiger partial charge in [-0.05, 0) is 58.6 Å². The van der Waals surface area contributed by atoms with E-state index < -0.39 is 11.0 Å². The minimum absolute atomic E-state index is 0.219. The Morgan fingerprint density at radius 3 is 2.50 bits per heavy atom. The lowest BCUT2D eigenvalue weighted by Crippen LogP contribution is -2.56. The molecule has 1 aliphatic carbocycles. The first-order chi connectivity index (χ1) is 12.5. The Balaban J connectivity index is 1.85. The highest BCUT2D eigenvalue weighted by Crippen LogP contribution is 2.55. The van der Waals surface area contributed by atoms with Gasteiger partial charge in [0.05, 0.1) is 6.54 Å². The van der Waals surface area contributed by atoms with Crippen LogP contribution in [-0.4, -0.2) is 24.9 Å². The quantitative estimate of drug-likeness (QED) is 0.690. The van der Waals surface area contributed by atoms with E-state index in [0.29, 0.717) is 5.56 Å². The normalized spacial score (nSPS) is 18.1. The van der Waals surface area contributed by atoms with Crippen LogP contribution in [0.25, 0.3) is 0 Å². The molecule has 2 heterocycles. The molecule has 1 aliphatic rings. The van der Waals surface area contributed by atoms with Crippen molar-refractivity contribution in [2.24, 2.45) is 0 Å². The maximum atomic E-state index is 13.5. The van der Waals surface area contributed by atoms with E-state index in [4.69, 9.17) is 0 Å². The lowest BCUT2D eigenvalue weighted by atomic mass is 9.54. The van der Waals surface area contributed by atoms with Crippen LogP contribution in [0.4, 0.5) is 4.39 Å². The van der Waals surface area contributed by atoms with Crippen LogP contribution < -0.4 is 0 Å². The molecule has 0 radical (unpaired) electrons. The van der Waals surface area contributed by atoms with Gasteiger partial charge in [0.2, 0.25) is 0 Å². The summed E-state index contributed by atoms with van der Waals surface area (Å²) in [6, 6.07) is 9.92. The van der Waals surface area contributed by atoms with Crippen LogP contribution in [0, 0.1) is 5.82 Å². The zero-order valence-corrected chi connectivity index (χ0v) is 15.6. The van der Waals surface area contributed by atoms with Crippen LogP contribution in [0.5, 0.6) is 0 Å². The van der Waals surface area contributed by atoms with E-state index in [0.717, 1.165) is 29.4 Å². The van der Waals surface area contributed by atoms with E-state index in [2.05, 4.69) is 31.0 Å². The molecule has 1 atom stereocenters. The molecule has 1 N–H and O–H groups in total. The zero-order chi connectivity index (χ0) is 18.2. The average molecular weight is 417 g/mol. The second-order valence-corrected chi connectivity index (χ2v) is 7.67. The predicted octanol–water partition coefficient (Wildman–Crippen LogP) is 3.58. The number of halogens is 2. The second kappa shape index (κ2) is 6.55. The molecular formula is C19H18BrFN4O. The summed E-state index contributed by atoms with van der Waals surface area (Å²) in [6.45, 7) is 0.219. The van der Waals surface area contributed by atoms with Crippen molar-refractivity contribution in [1.82, 2.24) is 19.7 Å². The molecule has 4 rings (SSSR count). The van der Waals surface area contributed by atoms with Crippen molar-refractivity contribution in [3.63, 3.8) is 0 Å². The van der Waals surface area contributed by atoms with Crippen molar-refractivity contribution < 1.29 is 9.50 Å². The Bertz CT molecular complexity index is 879. The van der Waals surface area contributed by atoms with Gasteiger partial charge in [-0.15, -0.1) is 0 Å². The fraction of sp³-hybridized carbons (Fsp3) is 0.316. The summed E-state index contributed by atoms with van der Waals surface area (Å²) in [5.74, 6) is -0.332. The molecule has 0 bridgehead atoms. The molecule has 3 aromatic rings. The van der Waals surface area contributed by atoms with E-state index in [1.165, 1.54) is 18.5 Å². The first-order valence-electron chi connectivity index (χ1n) is 8.46. The summed E-state index contributed by atoms with van der Waals surface area (Å²) in [5.41, 5.74) is -0.358. The van der Waals surface area contributed by atoms with Crippen molar-refractivity contribution >= 4 is 15.9 Å². The Morgan fingerprint density at radius 1 is 1.19 bits per heavy atom. The number of nitrogens with zero attached hydrogens (tertiary/aromatic N) is 4. The Hall–Kier alpha value is -2.12. The van der Waals surface area contributed by atoms with Gasteiger partial charge in [-0.2, -0.15) is 5.10 Å². The van der Waals surface area contributed by atoms with Crippen LogP contribution in [0.2, 0.25) is 0 Å². The van der Waals surface area contributed by atoms with Crippen molar-refractivity contribution in [3.8, 4) is 0 Å². The number of aliphatic hydroxyl groups is 1. The zero-order valence-electron chi connectivity index (χ0n) is 14.0. The molecule has 1 unspecified atom stereocenters. The van der Waals surface area contributed by atoms with Crippen LogP contribution in [0.1, 0.15) is 30.5 Å². The largest absolute Gasteiger partial charge is 0.382 e. The summed E-state index contributed by atoms with van der Waals surface area (Å²) in [6.07, 6.45) is 7.36. The predicted molar refractivity (Wildman–Crippen MR) is 97.8 cm³/mol. The van der Waals surface area contributed by atoms with Crippen molar-refractivity contribution in [1.29, 1.82) is 0 Å². The Labute approximate surface area is 159 Å². The van der Waals surface area contributed by atoms with Gasteiger partial charge in [0.25, 0.3) is 0 Å². The molecule has 0 saturated heterocycles. The van der Waals surface area contributed by atoms with Crippen molar-refractivity contribution in [3.05, 3.63) is 76.8 Å². The monoisotopic (exact) mass is 416 g/mol. The minimum Gasteiger partial charge on any atom is -0.382 e. The standard InChI is InChI=1S/C19H18BrFN4O/c20-15-4-7-17(23-10-15)18(8-1-9-18)19(26,11-25-13-22-12-24-25)14-2-5-16(21)6-3-14/h2-7,10,12-13,26H,1,8-9,11H2. The number of rotatable bonds is 5. The van der Waals surface area contributed by atoms with Crippen molar-refractivity contribution in [2.45, 2.75) is 36.8 Å². The fourth-order valence-corrected chi connectivity index (χ4v) is 4.10. The number of benzene rings is 1. The topological polar surface area (TPSA) is 63.8 Å². The fourth-order valence-electron chi connectivity index (χ4n) is 3.86. The second-order valence-electron chi connectivity index (χ2n) is 6.76. The molecule has 5 nitrogen and oxygen atoms in total. The van der Waals surface area contributed by atoms with Crippen molar-refractivity contribution in [2.75, 3.05) is 0 Å². The van der Waals surface area contributed by atoms with Crippen LogP contribution >= 0.6 is 15.9 Å². The maximum Gasteiger partial charge on any atom is 0.137 e. The maximum absolute atomic E-state index is 13.5. The van der Waals surface area contributed by atoms with Gasteiger partial charge in [0.1, 0.15) is 24.1 Å². The van der Waals surface area contributed by atoms with Gasteiger partial charge in [0.15, 0.2) is 0 Å². The van der Waals surface area contributed by atoms with Gasteiger partial charge in [-0.3, -0.25) is 4.98 Å². The average Bonchev–Trinajstić information content (AvgIpc) is 3.09. The lowest BCUT2D eigenvalue weighted by molar-refractivity contribution is -0.100. The summed E-state index contributed by atoms with van der Waals surface area (Å²) in [4.78, 5) is 8.57. The third-order valence-electron chi connectivity index (χ3n) is 5.40. The summed E-state index contributed by atoms with van der Waals surface area (Å²) >= 11 is 3.41. The number of hydrogen-bond acceptors (Lipinski definition) is 4. The van der Waals surface area contributed by atoms with Crippen LogP contribution in [-0.2, 0) is 17.6 Å². The van der Waals surface area contributed by atoms with Gasteiger partial charge < -0.3 is 5.11 Å². The number of hydrogen-bond donors (Lipinski definition) is 1. The molecule has 2 aromatic heterocycles. The SMILES string of the molecule is OC(Cn1cncn1)(c1ccc(F)cc1)C1(c2ccc(Br)cn2)CCC1. The summed E-state index contributed by atoms with van der Waals surface area (Å²) in [7, 11) is 0. The molecule has 26 heavy (non-hydrogen) atoms. The van der Waals surface area contributed by atoms with E-state index in [1.807, 2.05) is 12.1 Å². The van der Waals surface area contributed by atoms with E-state index in [9.17, 15) is 9.50 Å². The molecule has 0 aliphatic heterocycles. The number of aromatic nitrogens is 4. The first kappa shape index (κ1) is 17.3. The Morgan fingerprint density at radius 2 is 1.96 bits per heavy atom. The minimum atomic E-state index is -1.28. The molecule has 1 saturated carbocycles. The first-order valence-corrected chi connectivity index (χ1v) is 9.26. The van der Waals surface area contributed by atoms with Crippen LogP contribution in [0.3, 0.4) is 0 Å². The molecular weight excluding hydrogens is 399 g/mol. The van der Waals surface area contributed by atoms with E-state index in [-0.39, 0.29) is 12.4 Å². The number of pyridine rings is 1. The van der Waals surface area contributed by atoms with E-state index >= 15 is 0 Å². The molecule has 0 spiro atoms. The third kappa shape index (κ3) is 2.75. The smallest absolute Gasteiger partial charge is 0.137 e. The lowest BCUT2D eigenvalue weighted by Gasteiger charge is -2.53.